The van der Waals surface area contributed by atoms with Crippen molar-refractivity contribution >= 4 is 50.1 Å². The SMILES string of the molecule is O=C(Nc1ccc(Br)cc1I)[C@H]1CC[C@H](COCc2ccccc2)CC1. The number of ether oxygens (including phenoxy) is 1. The molecule has 138 valence electrons. The van der Waals surface area contributed by atoms with E-state index in [1.165, 1.54) is 5.56 Å². The van der Waals surface area contributed by atoms with Gasteiger partial charge in [0, 0.05) is 20.6 Å². The Labute approximate surface area is 177 Å². The number of carbonyl (C=O) groups excluding carboxylic acids is 1. The van der Waals surface area contributed by atoms with Gasteiger partial charge in [-0.1, -0.05) is 46.3 Å². The molecule has 1 aliphatic rings. The van der Waals surface area contributed by atoms with Crippen LogP contribution in [0.25, 0.3) is 0 Å². The van der Waals surface area contributed by atoms with Crippen LogP contribution in [0, 0.1) is 15.4 Å². The van der Waals surface area contributed by atoms with E-state index in [1.807, 2.05) is 36.4 Å². The first kappa shape index (κ1) is 19.8. The summed E-state index contributed by atoms with van der Waals surface area (Å²) in [6.45, 7) is 1.46. The lowest BCUT2D eigenvalue weighted by atomic mass is 9.82. The predicted octanol–water partition coefficient (Wildman–Crippen LogP) is 6.02. The van der Waals surface area contributed by atoms with Crippen LogP contribution in [0.2, 0.25) is 0 Å². The van der Waals surface area contributed by atoms with E-state index in [0.717, 1.165) is 46.0 Å². The predicted molar refractivity (Wildman–Crippen MR) is 117 cm³/mol. The summed E-state index contributed by atoms with van der Waals surface area (Å²) in [5.41, 5.74) is 2.11. The summed E-state index contributed by atoms with van der Waals surface area (Å²) >= 11 is 5.70. The van der Waals surface area contributed by atoms with Gasteiger partial charge in [-0.05, 0) is 78.0 Å². The maximum Gasteiger partial charge on any atom is 0.227 e. The Morgan fingerprint density at radius 1 is 1.12 bits per heavy atom. The van der Waals surface area contributed by atoms with Gasteiger partial charge in [-0.25, -0.2) is 0 Å². The van der Waals surface area contributed by atoms with Crippen LogP contribution >= 0.6 is 38.5 Å². The van der Waals surface area contributed by atoms with Gasteiger partial charge < -0.3 is 10.1 Å². The second-order valence-electron chi connectivity index (χ2n) is 6.83. The van der Waals surface area contributed by atoms with Crippen LogP contribution in [-0.2, 0) is 16.1 Å². The van der Waals surface area contributed by atoms with Crippen molar-refractivity contribution in [3.05, 3.63) is 62.1 Å². The number of benzene rings is 2. The minimum Gasteiger partial charge on any atom is -0.376 e. The molecule has 0 bridgehead atoms. The summed E-state index contributed by atoms with van der Waals surface area (Å²) in [6, 6.07) is 16.2. The molecule has 0 spiro atoms. The zero-order valence-electron chi connectivity index (χ0n) is 14.6. The van der Waals surface area contributed by atoms with Crippen LogP contribution < -0.4 is 5.32 Å². The smallest absolute Gasteiger partial charge is 0.227 e. The van der Waals surface area contributed by atoms with E-state index in [-0.39, 0.29) is 11.8 Å². The normalized spacial score (nSPS) is 19.9. The van der Waals surface area contributed by atoms with Gasteiger partial charge in [0.1, 0.15) is 0 Å². The molecule has 5 heteroatoms. The third kappa shape index (κ3) is 5.79. The first-order chi connectivity index (χ1) is 12.6. The molecule has 1 saturated carbocycles. The van der Waals surface area contributed by atoms with Gasteiger partial charge in [0.2, 0.25) is 5.91 Å². The topological polar surface area (TPSA) is 38.3 Å². The third-order valence-electron chi connectivity index (χ3n) is 4.87. The quantitative estimate of drug-likeness (QED) is 0.467. The Kier molecular flexibility index (Phi) is 7.52. The molecule has 0 aliphatic heterocycles. The summed E-state index contributed by atoms with van der Waals surface area (Å²) < 4.78 is 7.94. The molecule has 0 saturated heterocycles. The first-order valence-corrected chi connectivity index (χ1v) is 10.9. The van der Waals surface area contributed by atoms with Gasteiger partial charge in [-0.2, -0.15) is 0 Å². The Hall–Kier alpha value is -0.920. The van der Waals surface area contributed by atoms with Crippen molar-refractivity contribution in [2.24, 2.45) is 11.8 Å². The summed E-state index contributed by atoms with van der Waals surface area (Å²) in [6.07, 6.45) is 4.01. The molecule has 3 nitrogen and oxygen atoms in total. The number of amides is 1. The highest BCUT2D eigenvalue weighted by atomic mass is 127. The average molecular weight is 528 g/mol. The number of anilines is 1. The highest BCUT2D eigenvalue weighted by Gasteiger charge is 2.26. The first-order valence-electron chi connectivity index (χ1n) is 8.99. The molecule has 1 fully saturated rings. The van der Waals surface area contributed by atoms with Crippen LogP contribution in [0.15, 0.2) is 53.0 Å². The molecule has 0 radical (unpaired) electrons. The minimum absolute atomic E-state index is 0.111. The zero-order chi connectivity index (χ0) is 18.4. The molecular weight excluding hydrogens is 505 g/mol. The van der Waals surface area contributed by atoms with Crippen LogP contribution in [0.4, 0.5) is 5.69 Å². The fourth-order valence-electron chi connectivity index (χ4n) is 3.33. The number of hydrogen-bond acceptors (Lipinski definition) is 2. The van der Waals surface area contributed by atoms with E-state index in [0.29, 0.717) is 12.5 Å². The molecule has 3 rings (SSSR count). The molecule has 1 N–H and O–H groups in total. The van der Waals surface area contributed by atoms with Crippen molar-refractivity contribution < 1.29 is 9.53 Å². The van der Waals surface area contributed by atoms with Crippen LogP contribution in [-0.4, -0.2) is 12.5 Å². The molecule has 2 aromatic carbocycles. The van der Waals surface area contributed by atoms with E-state index >= 15 is 0 Å². The average Bonchev–Trinajstić information content (AvgIpc) is 2.65. The van der Waals surface area contributed by atoms with Gasteiger partial charge in [-0.15, -0.1) is 0 Å². The van der Waals surface area contributed by atoms with Gasteiger partial charge in [0.25, 0.3) is 0 Å². The lowest BCUT2D eigenvalue weighted by Crippen LogP contribution is -2.28. The Bertz CT molecular complexity index is 730. The molecule has 0 unspecified atom stereocenters. The third-order valence-corrected chi connectivity index (χ3v) is 6.26. The van der Waals surface area contributed by atoms with Gasteiger partial charge in [0.15, 0.2) is 0 Å². The van der Waals surface area contributed by atoms with Crippen molar-refractivity contribution in [1.82, 2.24) is 0 Å². The number of hydrogen-bond donors (Lipinski definition) is 1. The molecule has 0 aromatic heterocycles. The van der Waals surface area contributed by atoms with Crippen LogP contribution in [0.1, 0.15) is 31.2 Å². The highest BCUT2D eigenvalue weighted by molar-refractivity contribution is 14.1. The second kappa shape index (κ2) is 9.85. The van der Waals surface area contributed by atoms with Crippen molar-refractivity contribution in [2.75, 3.05) is 11.9 Å². The van der Waals surface area contributed by atoms with Crippen molar-refractivity contribution in [1.29, 1.82) is 0 Å². The van der Waals surface area contributed by atoms with E-state index < -0.39 is 0 Å². The van der Waals surface area contributed by atoms with Crippen molar-refractivity contribution in [2.45, 2.75) is 32.3 Å². The molecule has 1 aliphatic carbocycles. The summed E-state index contributed by atoms with van der Waals surface area (Å²) in [7, 11) is 0. The second-order valence-corrected chi connectivity index (χ2v) is 8.91. The minimum atomic E-state index is 0.111. The van der Waals surface area contributed by atoms with Gasteiger partial charge >= 0.3 is 0 Å². The maximum atomic E-state index is 12.6. The van der Waals surface area contributed by atoms with Crippen LogP contribution in [0.5, 0.6) is 0 Å². The Balaban J connectivity index is 1.41. The zero-order valence-corrected chi connectivity index (χ0v) is 18.3. The van der Waals surface area contributed by atoms with E-state index in [9.17, 15) is 4.79 Å². The fraction of sp³-hybridized carbons (Fsp3) is 0.381. The molecule has 26 heavy (non-hydrogen) atoms. The van der Waals surface area contributed by atoms with Crippen molar-refractivity contribution in [3.8, 4) is 0 Å². The Morgan fingerprint density at radius 2 is 1.85 bits per heavy atom. The molecule has 0 atom stereocenters. The van der Waals surface area contributed by atoms with E-state index in [4.69, 9.17) is 4.74 Å². The molecule has 1 amide bonds. The summed E-state index contributed by atoms with van der Waals surface area (Å²) in [5.74, 6) is 0.823. The maximum absolute atomic E-state index is 12.6. The standard InChI is InChI=1S/C21H23BrINO2/c22-18-10-11-20(19(23)12-18)24-21(25)17-8-6-16(7-9-17)14-26-13-15-4-2-1-3-5-15/h1-5,10-12,16-17H,6-9,13-14H2,(H,24,25)/t16-,17-. The Morgan fingerprint density at radius 3 is 2.54 bits per heavy atom. The van der Waals surface area contributed by atoms with Gasteiger partial charge in [0.05, 0.1) is 12.3 Å². The van der Waals surface area contributed by atoms with Gasteiger partial charge in [-0.3, -0.25) is 4.79 Å². The van der Waals surface area contributed by atoms with E-state index in [1.54, 1.807) is 0 Å². The lowest BCUT2D eigenvalue weighted by molar-refractivity contribution is -0.121. The highest BCUT2D eigenvalue weighted by Crippen LogP contribution is 2.31. The fourth-order valence-corrected chi connectivity index (χ4v) is 4.77. The van der Waals surface area contributed by atoms with Crippen molar-refractivity contribution in [3.63, 3.8) is 0 Å². The monoisotopic (exact) mass is 527 g/mol. The molecular formula is C21H23BrINO2. The largest absolute Gasteiger partial charge is 0.376 e. The van der Waals surface area contributed by atoms with E-state index in [2.05, 4.69) is 56.0 Å². The number of rotatable bonds is 6. The molecule has 2 aromatic rings. The van der Waals surface area contributed by atoms with Crippen LogP contribution in [0.3, 0.4) is 0 Å². The number of carbonyl (C=O) groups is 1. The lowest BCUT2D eigenvalue weighted by Gasteiger charge is -2.27. The number of halogens is 2. The summed E-state index contributed by atoms with van der Waals surface area (Å²) in [5, 5.41) is 3.09. The molecule has 0 heterocycles. The number of nitrogens with one attached hydrogen (secondary N) is 1. The summed E-state index contributed by atoms with van der Waals surface area (Å²) in [4.78, 5) is 12.6.